The lowest BCUT2D eigenvalue weighted by atomic mass is 9.97. The molecule has 8 nitrogen and oxygen atoms in total. The summed E-state index contributed by atoms with van der Waals surface area (Å²) < 4.78 is 40.4. The van der Waals surface area contributed by atoms with Crippen LogP contribution in [0, 0.1) is 0 Å². The molecule has 0 spiro atoms. The van der Waals surface area contributed by atoms with Crippen molar-refractivity contribution in [2.45, 2.75) is 58.0 Å². The Bertz CT molecular complexity index is 1430. The predicted octanol–water partition coefficient (Wildman–Crippen LogP) is 5.36. The summed E-state index contributed by atoms with van der Waals surface area (Å²) in [6.45, 7) is 6.03. The van der Waals surface area contributed by atoms with E-state index in [-0.39, 0.29) is 35.5 Å². The third kappa shape index (κ3) is 4.51. The van der Waals surface area contributed by atoms with Crippen molar-refractivity contribution in [3.8, 4) is 0 Å². The number of carbonyl (C=O) groups excluding carboxylic acids is 2. The summed E-state index contributed by atoms with van der Waals surface area (Å²) >= 11 is 12.1. The fourth-order valence-corrected chi connectivity index (χ4v) is 5.27. The molecule has 0 bridgehead atoms. The molecule has 2 aromatic heterocycles. The van der Waals surface area contributed by atoms with Crippen molar-refractivity contribution in [3.05, 3.63) is 74.5 Å². The van der Waals surface area contributed by atoms with E-state index in [4.69, 9.17) is 28.3 Å². The van der Waals surface area contributed by atoms with Gasteiger partial charge in [-0.1, -0.05) is 23.2 Å². The molecular weight excluding hydrogens is 544 g/mol. The van der Waals surface area contributed by atoms with Gasteiger partial charge in [-0.05, 0) is 39.0 Å². The summed E-state index contributed by atoms with van der Waals surface area (Å²) in [5, 5.41) is 5.33. The molecule has 0 unspecified atom stereocenters. The highest BCUT2D eigenvalue weighted by molar-refractivity contribution is 6.42. The minimum atomic E-state index is -4.65. The van der Waals surface area contributed by atoms with Crippen LogP contribution in [0.4, 0.5) is 13.2 Å². The van der Waals surface area contributed by atoms with Crippen LogP contribution in [0.2, 0.25) is 10.0 Å². The quantitative estimate of drug-likeness (QED) is 0.426. The zero-order valence-corrected chi connectivity index (χ0v) is 22.1. The lowest BCUT2D eigenvalue weighted by Crippen LogP contribution is -2.45. The third-order valence-corrected chi connectivity index (χ3v) is 7.82. The normalized spacial score (nSPS) is 20.3. The lowest BCUT2D eigenvalue weighted by molar-refractivity contribution is -0.145. The molecule has 13 heteroatoms. The highest BCUT2D eigenvalue weighted by Crippen LogP contribution is 2.36. The first-order chi connectivity index (χ1) is 17.9. The number of nitrogens with zero attached hydrogens (tertiary/aromatic N) is 6. The number of aromatic nitrogens is 4. The Kier molecular flexibility index (Phi) is 6.63. The Hall–Kier alpha value is -3.18. The molecule has 38 heavy (non-hydrogen) atoms. The molecule has 0 aliphatic carbocycles. The van der Waals surface area contributed by atoms with Gasteiger partial charge in [0.05, 0.1) is 34.4 Å². The number of benzene rings is 1. The lowest BCUT2D eigenvalue weighted by Gasteiger charge is -2.37. The molecule has 3 atom stereocenters. The first kappa shape index (κ1) is 26.4. The van der Waals surface area contributed by atoms with Crippen molar-refractivity contribution >= 4 is 35.0 Å². The fraction of sp³-hybridized carbons (Fsp3) is 0.400. The van der Waals surface area contributed by atoms with E-state index in [1.807, 2.05) is 13.8 Å². The molecular formula is C25H23Cl2F3N6O2. The average molecular weight is 567 g/mol. The molecule has 5 rings (SSSR count). The number of halogens is 5. The topological polar surface area (TPSA) is 84.2 Å². The molecule has 2 aliphatic heterocycles. The van der Waals surface area contributed by atoms with E-state index in [0.29, 0.717) is 40.4 Å². The zero-order valence-electron chi connectivity index (χ0n) is 20.6. The van der Waals surface area contributed by atoms with Crippen LogP contribution < -0.4 is 0 Å². The summed E-state index contributed by atoms with van der Waals surface area (Å²) in [5.74, 6) is -1.80. The van der Waals surface area contributed by atoms with Crippen LogP contribution in [0.15, 0.2) is 30.6 Å². The van der Waals surface area contributed by atoms with Crippen LogP contribution in [0.5, 0.6) is 0 Å². The summed E-state index contributed by atoms with van der Waals surface area (Å²) in [6.07, 6.45) is -2.00. The molecule has 1 aromatic carbocycles. The molecule has 0 radical (unpaired) electrons. The zero-order chi connectivity index (χ0) is 27.5. The maximum Gasteiger partial charge on any atom is 0.451 e. The summed E-state index contributed by atoms with van der Waals surface area (Å²) in [6, 6.07) is 3.74. The van der Waals surface area contributed by atoms with Gasteiger partial charge in [0.15, 0.2) is 0 Å². The van der Waals surface area contributed by atoms with Gasteiger partial charge in [0.1, 0.15) is 5.69 Å². The smallest absolute Gasteiger partial charge is 0.331 e. The van der Waals surface area contributed by atoms with E-state index in [1.54, 1.807) is 33.5 Å². The van der Waals surface area contributed by atoms with E-state index < -0.39 is 18.0 Å². The molecule has 2 aliphatic rings. The number of alkyl halides is 3. The van der Waals surface area contributed by atoms with Gasteiger partial charge >= 0.3 is 6.18 Å². The van der Waals surface area contributed by atoms with E-state index in [1.165, 1.54) is 6.07 Å². The van der Waals surface area contributed by atoms with E-state index >= 15 is 0 Å². The number of amides is 2. The van der Waals surface area contributed by atoms with Crippen LogP contribution in [0.1, 0.15) is 76.3 Å². The van der Waals surface area contributed by atoms with Gasteiger partial charge < -0.3 is 9.80 Å². The minimum Gasteiger partial charge on any atom is -0.331 e. The second-order valence-electron chi connectivity index (χ2n) is 9.65. The van der Waals surface area contributed by atoms with Gasteiger partial charge in [-0.25, -0.2) is 9.97 Å². The fourth-order valence-electron chi connectivity index (χ4n) is 4.97. The van der Waals surface area contributed by atoms with Crippen molar-refractivity contribution in [2.24, 2.45) is 0 Å². The first-order valence-electron chi connectivity index (χ1n) is 11.9. The molecule has 2 amide bonds. The summed E-state index contributed by atoms with van der Waals surface area (Å²) in [7, 11) is 0. The Morgan fingerprint density at radius 3 is 2.42 bits per heavy atom. The Balaban J connectivity index is 1.45. The van der Waals surface area contributed by atoms with E-state index in [9.17, 15) is 22.8 Å². The molecule has 0 saturated carbocycles. The second-order valence-corrected chi connectivity index (χ2v) is 10.5. The van der Waals surface area contributed by atoms with E-state index in [0.717, 1.165) is 18.1 Å². The molecule has 0 N–H and O–H groups in total. The Morgan fingerprint density at radius 2 is 1.79 bits per heavy atom. The van der Waals surface area contributed by atoms with Crippen LogP contribution >= 0.6 is 23.2 Å². The predicted molar refractivity (Wildman–Crippen MR) is 133 cm³/mol. The highest BCUT2D eigenvalue weighted by atomic mass is 35.5. The van der Waals surface area contributed by atoms with Gasteiger partial charge in [-0.2, -0.15) is 18.3 Å². The monoisotopic (exact) mass is 566 g/mol. The Morgan fingerprint density at radius 1 is 1.11 bits per heavy atom. The van der Waals surface area contributed by atoms with Crippen LogP contribution in [0.25, 0.3) is 0 Å². The number of rotatable bonds is 3. The van der Waals surface area contributed by atoms with E-state index in [2.05, 4.69) is 9.97 Å². The van der Waals surface area contributed by atoms with Gasteiger partial charge in [0, 0.05) is 48.1 Å². The number of carbonyl (C=O) groups is 2. The second kappa shape index (κ2) is 9.53. The van der Waals surface area contributed by atoms with Crippen LogP contribution in [-0.4, -0.2) is 53.9 Å². The maximum absolute atomic E-state index is 13.8. The molecule has 4 heterocycles. The number of fused-ring (bicyclic) bond motifs is 3. The standard InChI is InChI=1S/C25H23Cl2F3N6O2/c1-12-6-20-17(11-34(12)22(37)15-4-5-18(26)19(27)7-15)21-23(38)35(10-13(2)36(21)33-20)14(3)16-8-31-24(32-9-16)25(28,29)30/h4-5,7-9,12-14H,6,10-11H2,1-3H3/t12-,13-,14+/m1/s1. The molecule has 0 fully saturated rings. The first-order valence-corrected chi connectivity index (χ1v) is 12.7. The third-order valence-electron chi connectivity index (χ3n) is 7.09. The highest BCUT2D eigenvalue weighted by Gasteiger charge is 2.41. The van der Waals surface area contributed by atoms with Crippen molar-refractivity contribution < 1.29 is 22.8 Å². The van der Waals surface area contributed by atoms with Crippen molar-refractivity contribution in [1.82, 2.24) is 29.5 Å². The van der Waals surface area contributed by atoms with Gasteiger partial charge in [0.2, 0.25) is 5.82 Å². The van der Waals surface area contributed by atoms with Gasteiger partial charge in [-0.3, -0.25) is 14.3 Å². The Labute approximate surface area is 226 Å². The average Bonchev–Trinajstić information content (AvgIpc) is 3.25. The van der Waals surface area contributed by atoms with Gasteiger partial charge in [-0.15, -0.1) is 0 Å². The van der Waals surface area contributed by atoms with Crippen molar-refractivity contribution in [2.75, 3.05) is 6.54 Å². The van der Waals surface area contributed by atoms with Crippen LogP contribution in [-0.2, 0) is 19.1 Å². The van der Waals surface area contributed by atoms with Crippen LogP contribution in [0.3, 0.4) is 0 Å². The summed E-state index contributed by atoms with van der Waals surface area (Å²) in [4.78, 5) is 37.3. The number of hydrogen-bond donors (Lipinski definition) is 0. The maximum atomic E-state index is 13.8. The SMILES string of the molecule is C[C@@H]1Cc2nn3c(c2CN1C(=O)c1ccc(Cl)c(Cl)c1)C(=O)N([C@@H](C)c1cnc(C(F)(F)F)nc1)C[C@H]3C. The largest absolute Gasteiger partial charge is 0.451 e. The number of hydrogen-bond acceptors (Lipinski definition) is 5. The molecule has 200 valence electrons. The van der Waals surface area contributed by atoms with Crippen molar-refractivity contribution in [3.63, 3.8) is 0 Å². The minimum absolute atomic E-state index is 0.175. The summed E-state index contributed by atoms with van der Waals surface area (Å²) in [5.41, 5.74) is 2.54. The molecule has 0 saturated heterocycles. The van der Waals surface area contributed by atoms with Crippen molar-refractivity contribution in [1.29, 1.82) is 0 Å². The van der Waals surface area contributed by atoms with Gasteiger partial charge in [0.25, 0.3) is 11.8 Å². The molecule has 3 aromatic rings.